The first-order chi connectivity index (χ1) is 28.0. The first-order valence-corrected chi connectivity index (χ1v) is 19.9. The van der Waals surface area contributed by atoms with E-state index >= 15 is 0 Å². The summed E-state index contributed by atoms with van der Waals surface area (Å²) in [4.78, 5) is 4.77. The van der Waals surface area contributed by atoms with Crippen LogP contribution >= 0.6 is 0 Å². The maximum atomic E-state index is 7.03. The standard InChI is InChI=1S/C53H37BN2O/c1-53(2)44-33-45-49(32-43(44)42-28-25-35-31-39(27-29-40(35)50(42)53)55(36-16-6-3-7-17-36)37-18-8-4-9-19-37)57-48-24-14-23-46-52(48)54(45)51-41-22-13-12-15-34(41)26-30-47(51)56(46)38-20-10-5-11-21-38/h3-33H,1-2H3. The Balaban J connectivity index is 1.04. The topological polar surface area (TPSA) is 15.7 Å². The largest absolute Gasteiger partial charge is 0.458 e. The average Bonchev–Trinajstić information content (AvgIpc) is 3.48. The van der Waals surface area contributed by atoms with Crippen LogP contribution in [0, 0.1) is 0 Å². The molecule has 3 nitrogen and oxygen atoms in total. The first kappa shape index (κ1) is 32.2. The van der Waals surface area contributed by atoms with Gasteiger partial charge < -0.3 is 14.5 Å². The molecule has 0 fully saturated rings. The molecule has 0 amide bonds. The van der Waals surface area contributed by atoms with E-state index in [0.29, 0.717) is 0 Å². The summed E-state index contributed by atoms with van der Waals surface area (Å²) in [5.41, 5.74) is 15.7. The highest BCUT2D eigenvalue weighted by atomic mass is 16.5. The van der Waals surface area contributed by atoms with Gasteiger partial charge >= 0.3 is 0 Å². The molecule has 1 aliphatic carbocycles. The molecular formula is C53H37BN2O. The lowest BCUT2D eigenvalue weighted by Gasteiger charge is -2.40. The molecule has 12 rings (SSSR count). The molecule has 3 aliphatic rings. The van der Waals surface area contributed by atoms with E-state index < -0.39 is 0 Å². The first-order valence-electron chi connectivity index (χ1n) is 19.9. The monoisotopic (exact) mass is 728 g/mol. The number of hydrogen-bond donors (Lipinski definition) is 0. The fourth-order valence-electron chi connectivity index (χ4n) is 10.2. The van der Waals surface area contributed by atoms with Crippen molar-refractivity contribution in [3.63, 3.8) is 0 Å². The van der Waals surface area contributed by atoms with Gasteiger partial charge in [0.15, 0.2) is 0 Å². The van der Waals surface area contributed by atoms with Crippen LogP contribution in [0.1, 0.15) is 25.0 Å². The van der Waals surface area contributed by atoms with Crippen LogP contribution in [0.4, 0.5) is 34.1 Å². The van der Waals surface area contributed by atoms with Crippen LogP contribution in [0.15, 0.2) is 188 Å². The molecule has 9 aromatic rings. The highest BCUT2D eigenvalue weighted by molar-refractivity contribution is 7.00. The van der Waals surface area contributed by atoms with Crippen LogP contribution in [0.25, 0.3) is 32.7 Å². The summed E-state index contributed by atoms with van der Waals surface area (Å²) in [7, 11) is 0. The highest BCUT2D eigenvalue weighted by Gasteiger charge is 2.45. The summed E-state index contributed by atoms with van der Waals surface area (Å²) in [6.45, 7) is 4.82. The minimum Gasteiger partial charge on any atom is -0.458 e. The molecule has 0 N–H and O–H groups in total. The van der Waals surface area contributed by atoms with Crippen LogP contribution in [0.2, 0.25) is 0 Å². The Kier molecular flexibility index (Phi) is 6.77. The van der Waals surface area contributed by atoms with Crippen LogP contribution in [0.3, 0.4) is 0 Å². The molecule has 268 valence electrons. The Labute approximate surface area is 333 Å². The lowest BCUT2D eigenvalue weighted by molar-refractivity contribution is 0.487. The number of para-hydroxylation sites is 3. The van der Waals surface area contributed by atoms with E-state index in [-0.39, 0.29) is 12.1 Å². The summed E-state index contributed by atoms with van der Waals surface area (Å²) < 4.78 is 7.03. The molecule has 0 saturated heterocycles. The Hall–Kier alpha value is -7.04. The van der Waals surface area contributed by atoms with Gasteiger partial charge in [0, 0.05) is 39.5 Å². The van der Waals surface area contributed by atoms with Gasteiger partial charge in [0.2, 0.25) is 0 Å². The fourth-order valence-corrected chi connectivity index (χ4v) is 10.2. The predicted molar refractivity (Wildman–Crippen MR) is 240 cm³/mol. The van der Waals surface area contributed by atoms with Crippen molar-refractivity contribution >= 4 is 78.8 Å². The molecule has 0 radical (unpaired) electrons. The summed E-state index contributed by atoms with van der Waals surface area (Å²) in [5, 5.41) is 5.04. The van der Waals surface area contributed by atoms with Crippen molar-refractivity contribution < 1.29 is 4.74 Å². The second kappa shape index (κ2) is 12.0. The van der Waals surface area contributed by atoms with Crippen molar-refractivity contribution in [2.24, 2.45) is 0 Å². The quantitative estimate of drug-likeness (QED) is 0.168. The number of rotatable bonds is 4. The molecule has 0 aromatic heterocycles. The van der Waals surface area contributed by atoms with Crippen molar-refractivity contribution in [3.8, 4) is 22.6 Å². The molecular weight excluding hydrogens is 691 g/mol. The number of ether oxygens (including phenoxy) is 1. The van der Waals surface area contributed by atoms with Gasteiger partial charge in [-0.2, -0.15) is 0 Å². The SMILES string of the molecule is CC1(C)c2cc3c(cc2-c2ccc4cc(N(c5ccccc5)c5ccccc5)ccc4c21)Oc1cccc2c1B3c1c(ccc3ccccc13)N2c1ccccc1. The van der Waals surface area contributed by atoms with Gasteiger partial charge in [0.05, 0.1) is 0 Å². The molecule has 9 aromatic carbocycles. The third-order valence-electron chi connectivity index (χ3n) is 12.6. The molecule has 0 bridgehead atoms. The van der Waals surface area contributed by atoms with Crippen LogP contribution < -0.4 is 30.9 Å². The Morgan fingerprint density at radius 1 is 0.491 bits per heavy atom. The number of benzene rings is 9. The summed E-state index contributed by atoms with van der Waals surface area (Å²) >= 11 is 0. The zero-order valence-corrected chi connectivity index (χ0v) is 31.8. The van der Waals surface area contributed by atoms with Crippen molar-refractivity contribution in [3.05, 3.63) is 199 Å². The zero-order valence-electron chi connectivity index (χ0n) is 31.8. The normalized spacial score (nSPS) is 14.0. The van der Waals surface area contributed by atoms with E-state index in [9.17, 15) is 0 Å². The number of anilines is 6. The Morgan fingerprint density at radius 3 is 1.95 bits per heavy atom. The van der Waals surface area contributed by atoms with Gasteiger partial charge in [0.1, 0.15) is 11.5 Å². The van der Waals surface area contributed by atoms with Crippen molar-refractivity contribution in [1.82, 2.24) is 0 Å². The van der Waals surface area contributed by atoms with E-state index in [1.165, 1.54) is 71.6 Å². The van der Waals surface area contributed by atoms with Crippen molar-refractivity contribution in [1.29, 1.82) is 0 Å². The molecule has 0 saturated carbocycles. The molecule has 57 heavy (non-hydrogen) atoms. The fraction of sp³-hybridized carbons (Fsp3) is 0.0566. The lowest BCUT2D eigenvalue weighted by atomic mass is 9.33. The van der Waals surface area contributed by atoms with Gasteiger partial charge in [-0.1, -0.05) is 129 Å². The molecule has 0 atom stereocenters. The second-order valence-electron chi connectivity index (χ2n) is 16.1. The Bertz CT molecular complexity index is 3050. The van der Waals surface area contributed by atoms with E-state index in [1.54, 1.807) is 0 Å². The third kappa shape index (κ3) is 4.62. The molecule has 2 heterocycles. The average molecular weight is 729 g/mol. The predicted octanol–water partition coefficient (Wildman–Crippen LogP) is 12.2. The van der Waals surface area contributed by atoms with Gasteiger partial charge in [-0.25, -0.2) is 0 Å². The van der Waals surface area contributed by atoms with E-state index in [0.717, 1.165) is 34.2 Å². The summed E-state index contributed by atoms with van der Waals surface area (Å²) in [6.07, 6.45) is 0. The van der Waals surface area contributed by atoms with E-state index in [2.05, 4.69) is 212 Å². The summed E-state index contributed by atoms with van der Waals surface area (Å²) in [5.74, 6) is 1.87. The number of hydrogen-bond acceptors (Lipinski definition) is 3. The van der Waals surface area contributed by atoms with E-state index in [1.807, 2.05) is 0 Å². The van der Waals surface area contributed by atoms with Gasteiger partial charge in [0.25, 0.3) is 6.71 Å². The zero-order chi connectivity index (χ0) is 37.8. The minimum absolute atomic E-state index is 0.00656. The number of nitrogens with zero attached hydrogens (tertiary/aromatic N) is 2. The molecule has 2 aliphatic heterocycles. The number of fused-ring (bicyclic) bond motifs is 11. The van der Waals surface area contributed by atoms with Gasteiger partial charge in [-0.3, -0.25) is 0 Å². The smallest absolute Gasteiger partial charge is 0.257 e. The van der Waals surface area contributed by atoms with Gasteiger partial charge in [-0.15, -0.1) is 0 Å². The minimum atomic E-state index is -0.245. The summed E-state index contributed by atoms with van der Waals surface area (Å²) in [6, 6.07) is 68.5. The molecule has 0 unspecified atom stereocenters. The van der Waals surface area contributed by atoms with Crippen molar-refractivity contribution in [2.45, 2.75) is 19.3 Å². The highest BCUT2D eigenvalue weighted by Crippen LogP contribution is 2.53. The Morgan fingerprint density at radius 2 is 1.18 bits per heavy atom. The second-order valence-corrected chi connectivity index (χ2v) is 16.1. The van der Waals surface area contributed by atoms with Crippen LogP contribution in [-0.2, 0) is 5.41 Å². The van der Waals surface area contributed by atoms with Gasteiger partial charge in [-0.05, 0) is 133 Å². The molecule has 0 spiro atoms. The van der Waals surface area contributed by atoms with E-state index in [4.69, 9.17) is 4.74 Å². The maximum absolute atomic E-state index is 7.03. The van der Waals surface area contributed by atoms with Crippen LogP contribution in [0.5, 0.6) is 11.5 Å². The van der Waals surface area contributed by atoms with Crippen molar-refractivity contribution in [2.75, 3.05) is 9.80 Å². The maximum Gasteiger partial charge on any atom is 0.257 e. The molecule has 4 heteroatoms. The lowest BCUT2D eigenvalue weighted by Crippen LogP contribution is -2.59. The third-order valence-corrected chi connectivity index (χ3v) is 12.6. The van der Waals surface area contributed by atoms with Crippen LogP contribution in [-0.4, -0.2) is 6.71 Å².